The molecule has 0 spiro atoms. The Balaban J connectivity index is 1.61. The van der Waals surface area contributed by atoms with Crippen LogP contribution in [0.1, 0.15) is 40.8 Å². The molecule has 3 aromatic rings. The van der Waals surface area contributed by atoms with Crippen molar-refractivity contribution in [1.29, 1.82) is 0 Å². The molecule has 3 heterocycles. The van der Waals surface area contributed by atoms with Gasteiger partial charge in [-0.1, -0.05) is 34.5 Å². The molecule has 1 aliphatic heterocycles. The number of carbonyl (C=O) groups is 1. The highest BCUT2D eigenvalue weighted by Gasteiger charge is 2.26. The number of halogens is 2. The van der Waals surface area contributed by atoms with E-state index >= 15 is 0 Å². The third kappa shape index (κ3) is 3.17. The minimum absolute atomic E-state index is 0.00295. The minimum Gasteiger partial charge on any atom is -0.288 e. The number of nitrogens with zero attached hydrogens (tertiary/aromatic N) is 6. The van der Waals surface area contributed by atoms with Gasteiger partial charge < -0.3 is 0 Å². The first kappa shape index (κ1) is 17.0. The Kier molecular flexibility index (Phi) is 4.37. The van der Waals surface area contributed by atoms with Crippen molar-refractivity contribution in [1.82, 2.24) is 29.8 Å². The highest BCUT2D eigenvalue weighted by molar-refractivity contribution is 6.42. The van der Waals surface area contributed by atoms with Gasteiger partial charge in [-0.2, -0.15) is 4.98 Å². The van der Waals surface area contributed by atoms with Gasteiger partial charge in [0.1, 0.15) is 5.82 Å². The monoisotopic (exact) mass is 391 g/mol. The lowest BCUT2D eigenvalue weighted by atomic mass is 9.98. The number of fused-ring (bicyclic) bond motifs is 1. The standard InChI is InChI=1S/C16H15Cl2N7O/c1-24-8-12(21-23-24)15(26)20-16-19-14-4-2-3-13(25(14)22-16)9-5-6-10(17)11(18)7-9/h5-8,13H,2-4H2,1H3,(H,20,22,26). The predicted octanol–water partition coefficient (Wildman–Crippen LogP) is 2.89. The molecule has 134 valence electrons. The molecule has 0 bridgehead atoms. The lowest BCUT2D eigenvalue weighted by Crippen LogP contribution is -2.20. The van der Waals surface area contributed by atoms with Crippen molar-refractivity contribution in [3.8, 4) is 0 Å². The summed E-state index contributed by atoms with van der Waals surface area (Å²) in [6, 6.07) is 5.57. The van der Waals surface area contributed by atoms with Gasteiger partial charge in [-0.15, -0.1) is 10.2 Å². The first-order valence-corrected chi connectivity index (χ1v) is 8.85. The van der Waals surface area contributed by atoms with Gasteiger partial charge in [-0.3, -0.25) is 14.8 Å². The average molecular weight is 392 g/mol. The van der Waals surface area contributed by atoms with Crippen LogP contribution in [0.3, 0.4) is 0 Å². The molecular formula is C16H15Cl2N7O. The number of aryl methyl sites for hydroxylation is 2. The third-order valence-electron chi connectivity index (χ3n) is 4.26. The van der Waals surface area contributed by atoms with Gasteiger partial charge >= 0.3 is 0 Å². The molecule has 4 rings (SSSR count). The van der Waals surface area contributed by atoms with Crippen LogP contribution in [0, 0.1) is 0 Å². The van der Waals surface area contributed by atoms with Crippen molar-refractivity contribution in [2.45, 2.75) is 25.3 Å². The van der Waals surface area contributed by atoms with Crippen molar-refractivity contribution in [2.75, 3.05) is 5.32 Å². The third-order valence-corrected chi connectivity index (χ3v) is 5.00. The first-order chi connectivity index (χ1) is 12.5. The molecule has 0 aliphatic carbocycles. The molecule has 1 amide bonds. The van der Waals surface area contributed by atoms with Gasteiger partial charge in [0.2, 0.25) is 5.95 Å². The summed E-state index contributed by atoms with van der Waals surface area (Å²) in [5.74, 6) is 0.677. The maximum absolute atomic E-state index is 12.2. The predicted molar refractivity (Wildman–Crippen MR) is 96.5 cm³/mol. The molecule has 8 nitrogen and oxygen atoms in total. The Morgan fingerprint density at radius 1 is 1.31 bits per heavy atom. The molecule has 1 N–H and O–H groups in total. The van der Waals surface area contributed by atoms with E-state index in [1.165, 1.54) is 10.9 Å². The maximum atomic E-state index is 12.2. The molecule has 1 aromatic carbocycles. The zero-order chi connectivity index (χ0) is 18.3. The quantitative estimate of drug-likeness (QED) is 0.740. The summed E-state index contributed by atoms with van der Waals surface area (Å²) in [7, 11) is 1.69. The van der Waals surface area contributed by atoms with Gasteiger partial charge in [0, 0.05) is 13.5 Å². The average Bonchev–Trinajstić information content (AvgIpc) is 3.22. The summed E-state index contributed by atoms with van der Waals surface area (Å²) in [6.07, 6.45) is 4.21. The zero-order valence-electron chi connectivity index (χ0n) is 13.9. The molecule has 26 heavy (non-hydrogen) atoms. The number of aromatic nitrogens is 6. The molecule has 0 saturated heterocycles. The largest absolute Gasteiger partial charge is 0.288 e. The lowest BCUT2D eigenvalue weighted by Gasteiger charge is -2.23. The Labute approximate surface area is 159 Å². The van der Waals surface area contributed by atoms with Crippen LogP contribution in [0.15, 0.2) is 24.4 Å². The van der Waals surface area contributed by atoms with Crippen molar-refractivity contribution >= 4 is 35.1 Å². The summed E-state index contributed by atoms with van der Waals surface area (Å²) in [5.41, 5.74) is 1.22. The molecule has 1 aliphatic rings. The van der Waals surface area contributed by atoms with Crippen LogP contribution >= 0.6 is 23.2 Å². The van der Waals surface area contributed by atoms with Crippen molar-refractivity contribution in [2.24, 2.45) is 7.05 Å². The van der Waals surface area contributed by atoms with Crippen LogP contribution in [0.25, 0.3) is 0 Å². The molecular weight excluding hydrogens is 377 g/mol. The molecule has 1 unspecified atom stereocenters. The maximum Gasteiger partial charge on any atom is 0.280 e. The Hall–Kier alpha value is -2.45. The summed E-state index contributed by atoms with van der Waals surface area (Å²) >= 11 is 12.2. The van der Waals surface area contributed by atoms with E-state index in [0.29, 0.717) is 10.0 Å². The molecule has 0 saturated carbocycles. The Morgan fingerprint density at radius 2 is 2.15 bits per heavy atom. The van der Waals surface area contributed by atoms with E-state index in [1.807, 2.05) is 16.8 Å². The number of hydrogen-bond acceptors (Lipinski definition) is 5. The SMILES string of the molecule is Cn1cc(C(=O)Nc2nc3n(n2)C(c2ccc(Cl)c(Cl)c2)CCC3)nn1. The fourth-order valence-corrected chi connectivity index (χ4v) is 3.36. The van der Waals surface area contributed by atoms with Crippen molar-refractivity contribution in [3.05, 3.63) is 51.5 Å². The Morgan fingerprint density at radius 3 is 2.88 bits per heavy atom. The number of carbonyl (C=O) groups excluding carboxylic acids is 1. The minimum atomic E-state index is -0.396. The first-order valence-electron chi connectivity index (χ1n) is 8.09. The fraction of sp³-hybridized carbons (Fsp3) is 0.312. The van der Waals surface area contributed by atoms with E-state index in [0.717, 1.165) is 30.7 Å². The Bertz CT molecular complexity index is 981. The van der Waals surface area contributed by atoms with Crippen LogP contribution in [-0.4, -0.2) is 35.7 Å². The topological polar surface area (TPSA) is 90.5 Å². The van der Waals surface area contributed by atoms with Gasteiger partial charge in [0.15, 0.2) is 5.69 Å². The summed E-state index contributed by atoms with van der Waals surface area (Å²) in [6.45, 7) is 0. The number of rotatable bonds is 3. The van der Waals surface area contributed by atoms with Crippen LogP contribution in [0.5, 0.6) is 0 Å². The summed E-state index contributed by atoms with van der Waals surface area (Å²) in [4.78, 5) is 16.7. The number of benzene rings is 1. The molecule has 0 fully saturated rings. The molecule has 10 heteroatoms. The van der Waals surface area contributed by atoms with E-state index in [1.54, 1.807) is 13.1 Å². The molecule has 1 atom stereocenters. The van der Waals surface area contributed by atoms with E-state index in [-0.39, 0.29) is 17.7 Å². The van der Waals surface area contributed by atoms with Crippen LogP contribution in [-0.2, 0) is 13.5 Å². The highest BCUT2D eigenvalue weighted by atomic mass is 35.5. The van der Waals surface area contributed by atoms with Crippen LogP contribution in [0.4, 0.5) is 5.95 Å². The number of nitrogens with one attached hydrogen (secondary N) is 1. The number of amides is 1. The highest BCUT2D eigenvalue weighted by Crippen LogP contribution is 2.33. The fourth-order valence-electron chi connectivity index (χ4n) is 3.05. The smallest absolute Gasteiger partial charge is 0.280 e. The van der Waals surface area contributed by atoms with Crippen LogP contribution in [0.2, 0.25) is 10.0 Å². The number of anilines is 1. The van der Waals surface area contributed by atoms with E-state index in [4.69, 9.17) is 23.2 Å². The van der Waals surface area contributed by atoms with Crippen molar-refractivity contribution < 1.29 is 4.79 Å². The number of hydrogen-bond donors (Lipinski definition) is 1. The van der Waals surface area contributed by atoms with Gasteiger partial charge in [0.25, 0.3) is 5.91 Å². The lowest BCUT2D eigenvalue weighted by molar-refractivity contribution is 0.102. The second-order valence-corrected chi connectivity index (χ2v) is 6.92. The van der Waals surface area contributed by atoms with E-state index in [9.17, 15) is 4.79 Å². The summed E-state index contributed by atoms with van der Waals surface area (Å²) < 4.78 is 3.30. The van der Waals surface area contributed by atoms with Crippen molar-refractivity contribution in [3.63, 3.8) is 0 Å². The van der Waals surface area contributed by atoms with E-state index < -0.39 is 5.91 Å². The molecule has 0 radical (unpaired) electrons. The normalized spacial score (nSPS) is 16.3. The summed E-state index contributed by atoms with van der Waals surface area (Å²) in [5, 5.41) is 15.7. The zero-order valence-corrected chi connectivity index (χ0v) is 15.4. The van der Waals surface area contributed by atoms with E-state index in [2.05, 4.69) is 25.7 Å². The second kappa shape index (κ2) is 6.69. The molecule has 2 aromatic heterocycles. The second-order valence-electron chi connectivity index (χ2n) is 6.11. The van der Waals surface area contributed by atoms with Gasteiger partial charge in [-0.05, 0) is 30.5 Å². The van der Waals surface area contributed by atoms with Gasteiger partial charge in [0.05, 0.1) is 22.3 Å². The van der Waals surface area contributed by atoms with Gasteiger partial charge in [-0.25, -0.2) is 4.68 Å². The van der Waals surface area contributed by atoms with Crippen LogP contribution < -0.4 is 5.32 Å².